The van der Waals surface area contributed by atoms with Gasteiger partial charge in [0.05, 0.1) is 11.4 Å². The smallest absolute Gasteiger partial charge is 0.396 e. The molecule has 0 bridgehead atoms. The minimum absolute atomic E-state index is 0.0390. The SMILES string of the molecule is CCON=C(c1cc(Cl)ccc1NS(=O)(=O)C(F)(F)F)C1CCCCC1. The molecule has 1 N–H and O–H groups in total. The number of anilines is 1. The second-order valence-corrected chi connectivity index (χ2v) is 8.08. The Morgan fingerprint density at radius 3 is 2.54 bits per heavy atom. The molecule has 0 atom stereocenters. The number of sulfonamides is 1. The third-order valence-electron chi connectivity index (χ3n) is 4.09. The van der Waals surface area contributed by atoms with Crippen molar-refractivity contribution in [1.29, 1.82) is 0 Å². The zero-order valence-electron chi connectivity index (χ0n) is 14.1. The number of benzene rings is 1. The van der Waals surface area contributed by atoms with E-state index in [9.17, 15) is 21.6 Å². The molecule has 1 saturated carbocycles. The van der Waals surface area contributed by atoms with E-state index in [1.807, 2.05) is 0 Å². The van der Waals surface area contributed by atoms with Gasteiger partial charge in [-0.2, -0.15) is 21.6 Å². The number of hydrogen-bond donors (Lipinski definition) is 1. The Bertz CT molecular complexity index is 760. The Morgan fingerprint density at radius 1 is 1.31 bits per heavy atom. The number of nitrogens with zero attached hydrogens (tertiary/aromatic N) is 1. The molecule has 10 heteroatoms. The summed E-state index contributed by atoms with van der Waals surface area (Å²) in [5.74, 6) is -0.0390. The fourth-order valence-electron chi connectivity index (χ4n) is 2.87. The van der Waals surface area contributed by atoms with Gasteiger partial charge in [-0.3, -0.25) is 4.72 Å². The molecule has 5 nitrogen and oxygen atoms in total. The van der Waals surface area contributed by atoms with E-state index in [-0.39, 0.29) is 28.8 Å². The van der Waals surface area contributed by atoms with Crippen molar-refractivity contribution in [2.75, 3.05) is 11.3 Å². The van der Waals surface area contributed by atoms with E-state index in [0.717, 1.165) is 32.1 Å². The van der Waals surface area contributed by atoms with Gasteiger partial charge in [-0.25, -0.2) is 0 Å². The van der Waals surface area contributed by atoms with Crippen molar-refractivity contribution in [1.82, 2.24) is 0 Å². The fraction of sp³-hybridized carbons (Fsp3) is 0.562. The van der Waals surface area contributed by atoms with Crippen molar-refractivity contribution in [3.63, 3.8) is 0 Å². The molecule has 0 amide bonds. The van der Waals surface area contributed by atoms with Crippen LogP contribution in [0.1, 0.15) is 44.6 Å². The van der Waals surface area contributed by atoms with Gasteiger partial charge in [-0.15, -0.1) is 0 Å². The molecule has 1 aromatic carbocycles. The molecule has 0 radical (unpaired) electrons. The molecule has 0 saturated heterocycles. The van der Waals surface area contributed by atoms with Crippen molar-refractivity contribution < 1.29 is 26.4 Å². The second kappa shape index (κ2) is 8.47. The highest BCUT2D eigenvalue weighted by atomic mass is 35.5. The van der Waals surface area contributed by atoms with Crippen LogP contribution in [0.15, 0.2) is 23.4 Å². The van der Waals surface area contributed by atoms with Gasteiger partial charge in [-0.05, 0) is 38.0 Å². The van der Waals surface area contributed by atoms with E-state index in [4.69, 9.17) is 16.4 Å². The van der Waals surface area contributed by atoms with Crippen LogP contribution >= 0.6 is 11.6 Å². The Morgan fingerprint density at radius 2 is 1.96 bits per heavy atom. The summed E-state index contributed by atoms with van der Waals surface area (Å²) in [7, 11) is -5.56. The third-order valence-corrected chi connectivity index (χ3v) is 5.42. The lowest BCUT2D eigenvalue weighted by atomic mass is 9.83. The molecule has 1 aliphatic rings. The van der Waals surface area contributed by atoms with Gasteiger partial charge in [0.1, 0.15) is 6.61 Å². The summed E-state index contributed by atoms with van der Waals surface area (Å²) >= 11 is 6.00. The molecule has 1 aliphatic carbocycles. The number of nitrogens with one attached hydrogen (secondary N) is 1. The predicted octanol–water partition coefficient (Wildman–Crippen LogP) is 4.92. The van der Waals surface area contributed by atoms with Crippen LogP contribution in [0.3, 0.4) is 0 Å². The van der Waals surface area contributed by atoms with Crippen LogP contribution in [0.4, 0.5) is 18.9 Å². The molecular formula is C16H20ClF3N2O3S. The summed E-state index contributed by atoms with van der Waals surface area (Å²) in [5, 5.41) is 4.33. The monoisotopic (exact) mass is 412 g/mol. The predicted molar refractivity (Wildman–Crippen MR) is 94.8 cm³/mol. The number of alkyl halides is 3. The summed E-state index contributed by atoms with van der Waals surface area (Å²) in [4.78, 5) is 5.14. The number of halogens is 4. The summed E-state index contributed by atoms with van der Waals surface area (Å²) in [6.07, 6.45) is 4.58. The topological polar surface area (TPSA) is 67.8 Å². The van der Waals surface area contributed by atoms with Crippen LogP contribution in [-0.4, -0.2) is 26.2 Å². The lowest BCUT2D eigenvalue weighted by Crippen LogP contribution is -2.31. The first-order valence-electron chi connectivity index (χ1n) is 8.24. The van der Waals surface area contributed by atoms with E-state index in [0.29, 0.717) is 5.71 Å². The number of rotatable bonds is 6. The first kappa shape index (κ1) is 20.8. The molecule has 0 aromatic heterocycles. The molecule has 0 spiro atoms. The van der Waals surface area contributed by atoms with E-state index < -0.39 is 15.5 Å². The average molecular weight is 413 g/mol. The van der Waals surface area contributed by atoms with Crippen LogP contribution in [0.25, 0.3) is 0 Å². The first-order chi connectivity index (χ1) is 12.2. The van der Waals surface area contributed by atoms with E-state index in [1.165, 1.54) is 18.2 Å². The quantitative estimate of drug-likeness (QED) is 0.532. The highest BCUT2D eigenvalue weighted by Crippen LogP contribution is 2.33. The van der Waals surface area contributed by atoms with Crippen molar-refractivity contribution >= 4 is 33.0 Å². The summed E-state index contributed by atoms with van der Waals surface area (Å²) in [6, 6.07) is 3.92. The van der Waals surface area contributed by atoms with E-state index in [2.05, 4.69) is 5.16 Å². The van der Waals surface area contributed by atoms with Crippen molar-refractivity contribution in [3.05, 3.63) is 28.8 Å². The largest absolute Gasteiger partial charge is 0.516 e. The van der Waals surface area contributed by atoms with Gasteiger partial charge < -0.3 is 4.84 Å². The van der Waals surface area contributed by atoms with Crippen LogP contribution < -0.4 is 4.72 Å². The standard InChI is InChI=1S/C16H20ClF3N2O3S/c1-2-25-21-15(11-6-4-3-5-7-11)13-10-12(17)8-9-14(13)22-26(23,24)16(18,19)20/h8-11,22H,2-7H2,1H3. The number of oxime groups is 1. The molecular weight excluding hydrogens is 393 g/mol. The Labute approximate surface area is 155 Å². The van der Waals surface area contributed by atoms with E-state index in [1.54, 1.807) is 11.6 Å². The molecule has 2 rings (SSSR count). The molecule has 1 aromatic rings. The van der Waals surface area contributed by atoms with Crippen LogP contribution in [0.5, 0.6) is 0 Å². The molecule has 146 valence electrons. The highest BCUT2D eigenvalue weighted by Gasteiger charge is 2.46. The first-order valence-corrected chi connectivity index (χ1v) is 10.1. The molecule has 26 heavy (non-hydrogen) atoms. The molecule has 0 heterocycles. The zero-order chi connectivity index (χ0) is 19.4. The summed E-state index contributed by atoms with van der Waals surface area (Å²) in [5.41, 5.74) is -5.04. The van der Waals surface area contributed by atoms with Gasteiger partial charge in [0.2, 0.25) is 0 Å². The maximum atomic E-state index is 12.8. The number of hydrogen-bond acceptors (Lipinski definition) is 4. The molecule has 1 fully saturated rings. The van der Waals surface area contributed by atoms with Crippen molar-refractivity contribution in [2.45, 2.75) is 44.5 Å². The minimum Gasteiger partial charge on any atom is -0.396 e. The van der Waals surface area contributed by atoms with Gasteiger partial charge in [0.25, 0.3) is 0 Å². The lowest BCUT2D eigenvalue weighted by Gasteiger charge is -2.25. The maximum Gasteiger partial charge on any atom is 0.516 e. The second-order valence-electron chi connectivity index (χ2n) is 5.97. The van der Waals surface area contributed by atoms with Gasteiger partial charge in [0, 0.05) is 16.5 Å². The van der Waals surface area contributed by atoms with E-state index >= 15 is 0 Å². The van der Waals surface area contributed by atoms with Crippen LogP contribution in [0.2, 0.25) is 5.02 Å². The van der Waals surface area contributed by atoms with Crippen molar-refractivity contribution in [3.8, 4) is 0 Å². The van der Waals surface area contributed by atoms with Crippen LogP contribution in [-0.2, 0) is 14.9 Å². The lowest BCUT2D eigenvalue weighted by molar-refractivity contribution is -0.0429. The summed E-state index contributed by atoms with van der Waals surface area (Å²) in [6.45, 7) is 2.01. The molecule has 0 unspecified atom stereocenters. The van der Waals surface area contributed by atoms with Gasteiger partial charge >= 0.3 is 15.5 Å². The van der Waals surface area contributed by atoms with Gasteiger partial charge in [-0.1, -0.05) is 36.0 Å². The molecule has 0 aliphatic heterocycles. The Hall–Kier alpha value is -1.48. The fourth-order valence-corrected chi connectivity index (χ4v) is 3.63. The Balaban J connectivity index is 2.49. The normalized spacial score (nSPS) is 17.2. The van der Waals surface area contributed by atoms with Gasteiger partial charge in [0.15, 0.2) is 0 Å². The third kappa shape index (κ3) is 5.03. The minimum atomic E-state index is -5.56. The Kier molecular flexibility index (Phi) is 6.79. The average Bonchev–Trinajstić information content (AvgIpc) is 2.57. The zero-order valence-corrected chi connectivity index (χ0v) is 15.7. The van der Waals surface area contributed by atoms with Crippen LogP contribution in [0, 0.1) is 5.92 Å². The van der Waals surface area contributed by atoms with Crippen molar-refractivity contribution in [2.24, 2.45) is 11.1 Å². The highest BCUT2D eigenvalue weighted by molar-refractivity contribution is 7.93. The maximum absolute atomic E-state index is 12.8. The summed E-state index contributed by atoms with van der Waals surface area (Å²) < 4.78 is 62.9.